The van der Waals surface area contributed by atoms with Crippen LogP contribution in [0.25, 0.3) is 0 Å². The standard InChI is InChI=1S/C8H15N5/c1-2-13-5-3-4-7(6-13)8-9-11-12-10-8/h7H,2-6H2,1H3,(H,9,10,11,12)/t7-/m1/s1. The number of piperidine rings is 1. The zero-order chi connectivity index (χ0) is 9.10. The van der Waals surface area contributed by atoms with Crippen LogP contribution in [0.5, 0.6) is 0 Å². The zero-order valence-corrected chi connectivity index (χ0v) is 7.90. The van der Waals surface area contributed by atoms with E-state index >= 15 is 0 Å². The van der Waals surface area contributed by atoms with Gasteiger partial charge in [-0.2, -0.15) is 5.21 Å². The number of nitrogens with zero attached hydrogens (tertiary/aromatic N) is 4. The maximum absolute atomic E-state index is 4.03. The largest absolute Gasteiger partial charge is 0.303 e. The van der Waals surface area contributed by atoms with Crippen LogP contribution in [0.4, 0.5) is 0 Å². The first kappa shape index (κ1) is 8.62. The first-order valence-corrected chi connectivity index (χ1v) is 4.86. The third-order valence-electron chi connectivity index (χ3n) is 2.68. The van der Waals surface area contributed by atoms with Crippen molar-refractivity contribution in [2.75, 3.05) is 19.6 Å². The molecule has 0 bridgehead atoms. The molecule has 0 unspecified atom stereocenters. The second-order valence-electron chi connectivity index (χ2n) is 3.50. The van der Waals surface area contributed by atoms with Gasteiger partial charge >= 0.3 is 0 Å². The molecule has 13 heavy (non-hydrogen) atoms. The first-order chi connectivity index (χ1) is 6.40. The van der Waals surface area contributed by atoms with Gasteiger partial charge in [0.15, 0.2) is 5.82 Å². The van der Waals surface area contributed by atoms with Crippen LogP contribution in [0.3, 0.4) is 0 Å². The van der Waals surface area contributed by atoms with Crippen molar-refractivity contribution in [3.63, 3.8) is 0 Å². The van der Waals surface area contributed by atoms with E-state index in [1.165, 1.54) is 19.4 Å². The minimum atomic E-state index is 0.479. The van der Waals surface area contributed by atoms with Crippen molar-refractivity contribution in [3.8, 4) is 0 Å². The number of tetrazole rings is 1. The zero-order valence-electron chi connectivity index (χ0n) is 7.90. The average molecular weight is 181 g/mol. The van der Waals surface area contributed by atoms with Crippen LogP contribution >= 0.6 is 0 Å². The maximum atomic E-state index is 4.03. The summed E-state index contributed by atoms with van der Waals surface area (Å²) in [7, 11) is 0. The molecule has 1 aromatic rings. The molecule has 72 valence electrons. The highest BCUT2D eigenvalue weighted by Crippen LogP contribution is 2.22. The molecule has 1 aliphatic rings. The molecule has 1 N–H and O–H groups in total. The molecule has 0 amide bonds. The van der Waals surface area contributed by atoms with Crippen LogP contribution in [0, 0.1) is 0 Å². The molecule has 1 saturated heterocycles. The average Bonchev–Trinajstić information content (AvgIpc) is 2.71. The molecule has 5 heteroatoms. The predicted molar refractivity (Wildman–Crippen MR) is 48.3 cm³/mol. The van der Waals surface area contributed by atoms with Crippen LogP contribution in [0.2, 0.25) is 0 Å². The van der Waals surface area contributed by atoms with Crippen molar-refractivity contribution in [2.24, 2.45) is 0 Å². The Bertz CT molecular complexity index is 245. The van der Waals surface area contributed by atoms with E-state index in [4.69, 9.17) is 0 Å². The van der Waals surface area contributed by atoms with Gasteiger partial charge in [-0.3, -0.25) is 0 Å². The summed E-state index contributed by atoms with van der Waals surface area (Å²) in [5.41, 5.74) is 0. The molecule has 0 aliphatic carbocycles. The lowest BCUT2D eigenvalue weighted by Gasteiger charge is -2.29. The topological polar surface area (TPSA) is 57.7 Å². The number of aromatic nitrogens is 4. The Balaban J connectivity index is 2.00. The summed E-state index contributed by atoms with van der Waals surface area (Å²) in [5.74, 6) is 1.35. The summed E-state index contributed by atoms with van der Waals surface area (Å²) in [6.07, 6.45) is 2.43. The van der Waals surface area contributed by atoms with Crippen molar-refractivity contribution in [1.82, 2.24) is 25.5 Å². The lowest BCUT2D eigenvalue weighted by atomic mass is 9.97. The Morgan fingerprint density at radius 2 is 2.54 bits per heavy atom. The minimum Gasteiger partial charge on any atom is -0.303 e. The number of likely N-dealkylation sites (tertiary alicyclic amines) is 1. The van der Waals surface area contributed by atoms with E-state index in [2.05, 4.69) is 32.4 Å². The van der Waals surface area contributed by atoms with Gasteiger partial charge < -0.3 is 4.90 Å². The van der Waals surface area contributed by atoms with Crippen LogP contribution in [-0.2, 0) is 0 Å². The van der Waals surface area contributed by atoms with E-state index in [9.17, 15) is 0 Å². The van der Waals surface area contributed by atoms with E-state index in [1.54, 1.807) is 0 Å². The van der Waals surface area contributed by atoms with Gasteiger partial charge in [0.2, 0.25) is 0 Å². The second-order valence-corrected chi connectivity index (χ2v) is 3.50. The normalized spacial score (nSPS) is 24.8. The Morgan fingerprint density at radius 3 is 3.23 bits per heavy atom. The Kier molecular flexibility index (Phi) is 2.54. The molecule has 1 aromatic heterocycles. The first-order valence-electron chi connectivity index (χ1n) is 4.86. The number of H-pyrrole nitrogens is 1. The van der Waals surface area contributed by atoms with Crippen LogP contribution in [0.1, 0.15) is 31.5 Å². The molecular formula is C8H15N5. The van der Waals surface area contributed by atoms with E-state index in [0.717, 1.165) is 18.9 Å². The summed E-state index contributed by atoms with van der Waals surface area (Å²) in [4.78, 5) is 2.44. The fourth-order valence-electron chi connectivity index (χ4n) is 1.90. The quantitative estimate of drug-likeness (QED) is 0.717. The van der Waals surface area contributed by atoms with Gasteiger partial charge in [0.05, 0.1) is 0 Å². The summed E-state index contributed by atoms with van der Waals surface area (Å²) >= 11 is 0. The van der Waals surface area contributed by atoms with Crippen molar-refractivity contribution < 1.29 is 0 Å². The highest BCUT2D eigenvalue weighted by atomic mass is 15.5. The Labute approximate surface area is 77.5 Å². The summed E-state index contributed by atoms with van der Waals surface area (Å²) in [6, 6.07) is 0. The van der Waals surface area contributed by atoms with Crippen molar-refractivity contribution >= 4 is 0 Å². The monoisotopic (exact) mass is 181 g/mol. The predicted octanol–water partition coefficient (Wildman–Crippen LogP) is 0.399. The van der Waals surface area contributed by atoms with Crippen molar-refractivity contribution in [1.29, 1.82) is 0 Å². The summed E-state index contributed by atoms with van der Waals surface area (Å²) in [6.45, 7) is 5.61. The second kappa shape index (κ2) is 3.83. The highest BCUT2D eigenvalue weighted by molar-refractivity contribution is 4.94. The van der Waals surface area contributed by atoms with Gasteiger partial charge in [-0.05, 0) is 25.9 Å². The molecule has 1 aliphatic heterocycles. The third-order valence-corrected chi connectivity index (χ3v) is 2.68. The Hall–Kier alpha value is -0.970. The van der Waals surface area contributed by atoms with Gasteiger partial charge in [0, 0.05) is 12.5 Å². The number of likely N-dealkylation sites (N-methyl/N-ethyl adjacent to an activating group) is 1. The van der Waals surface area contributed by atoms with Gasteiger partial charge in [-0.1, -0.05) is 12.1 Å². The summed E-state index contributed by atoms with van der Waals surface area (Å²) < 4.78 is 0. The summed E-state index contributed by atoms with van der Waals surface area (Å²) in [5, 5.41) is 14.2. The van der Waals surface area contributed by atoms with Crippen LogP contribution < -0.4 is 0 Å². The fraction of sp³-hybridized carbons (Fsp3) is 0.875. The van der Waals surface area contributed by atoms with Gasteiger partial charge in [-0.15, -0.1) is 10.2 Å². The van der Waals surface area contributed by atoms with Crippen LogP contribution in [0.15, 0.2) is 0 Å². The fourth-order valence-corrected chi connectivity index (χ4v) is 1.90. The van der Waals surface area contributed by atoms with Crippen LogP contribution in [-0.4, -0.2) is 45.2 Å². The molecule has 0 spiro atoms. The molecule has 0 saturated carbocycles. The minimum absolute atomic E-state index is 0.479. The van der Waals surface area contributed by atoms with E-state index in [1.807, 2.05) is 0 Å². The number of rotatable bonds is 2. The van der Waals surface area contributed by atoms with E-state index in [-0.39, 0.29) is 0 Å². The van der Waals surface area contributed by atoms with Gasteiger partial charge in [-0.25, -0.2) is 0 Å². The molecule has 1 atom stereocenters. The third kappa shape index (κ3) is 1.85. The molecule has 1 fully saturated rings. The number of hydrogen-bond acceptors (Lipinski definition) is 4. The SMILES string of the molecule is CCN1CCC[C@@H](c2nn[nH]n2)C1. The smallest absolute Gasteiger partial charge is 0.178 e. The lowest BCUT2D eigenvalue weighted by Crippen LogP contribution is -2.34. The van der Waals surface area contributed by atoms with Gasteiger partial charge in [0.25, 0.3) is 0 Å². The number of hydrogen-bond donors (Lipinski definition) is 1. The highest BCUT2D eigenvalue weighted by Gasteiger charge is 2.22. The van der Waals surface area contributed by atoms with Gasteiger partial charge in [0.1, 0.15) is 0 Å². The lowest BCUT2D eigenvalue weighted by molar-refractivity contribution is 0.214. The molecule has 2 rings (SSSR count). The van der Waals surface area contributed by atoms with E-state index < -0.39 is 0 Å². The maximum Gasteiger partial charge on any atom is 0.178 e. The van der Waals surface area contributed by atoms with Crippen molar-refractivity contribution in [2.45, 2.75) is 25.7 Å². The van der Waals surface area contributed by atoms with Crippen molar-refractivity contribution in [3.05, 3.63) is 5.82 Å². The number of aromatic amines is 1. The molecule has 5 nitrogen and oxygen atoms in total. The Morgan fingerprint density at radius 1 is 1.62 bits per heavy atom. The molecule has 0 aromatic carbocycles. The number of nitrogens with one attached hydrogen (secondary N) is 1. The van der Waals surface area contributed by atoms with E-state index in [0.29, 0.717) is 5.92 Å². The molecule has 0 radical (unpaired) electrons. The molecule has 2 heterocycles. The molecular weight excluding hydrogens is 166 g/mol.